The molecule has 2 unspecified atom stereocenters. The Balaban J connectivity index is 2.45. The number of rotatable bonds is 8. The number of aliphatic hydroxyl groups excluding tert-OH is 1. The van der Waals surface area contributed by atoms with Gasteiger partial charge in [0, 0.05) is 26.1 Å². The number of hydrogen-bond donors (Lipinski definition) is 4. The van der Waals surface area contributed by atoms with Crippen molar-refractivity contribution in [2.24, 2.45) is 28.1 Å². The second kappa shape index (κ2) is 9.24. The number of carbonyl (C=O) groups excluding carboxylic acids is 2. The van der Waals surface area contributed by atoms with E-state index in [2.05, 4.69) is 4.99 Å². The highest BCUT2D eigenvalue weighted by Crippen LogP contribution is 2.26. The number of aliphatic hydroxyl groups is 1. The zero-order chi connectivity index (χ0) is 16.5. The summed E-state index contributed by atoms with van der Waals surface area (Å²) in [5.41, 5.74) is 15.9. The Morgan fingerprint density at radius 1 is 1.23 bits per heavy atom. The van der Waals surface area contributed by atoms with Crippen LogP contribution in [0.4, 0.5) is 0 Å². The second-order valence-corrected chi connectivity index (χ2v) is 5.67. The zero-order valence-electron chi connectivity index (χ0n) is 12.9. The fourth-order valence-corrected chi connectivity index (χ4v) is 2.79. The van der Waals surface area contributed by atoms with Gasteiger partial charge in [0.1, 0.15) is 6.04 Å². The third kappa shape index (κ3) is 5.88. The minimum absolute atomic E-state index is 0.0473. The first-order chi connectivity index (χ1) is 10.5. The molecule has 7 N–H and O–H groups in total. The van der Waals surface area contributed by atoms with Crippen molar-refractivity contribution in [2.45, 2.75) is 44.6 Å². The largest absolute Gasteiger partial charge is 0.396 e. The van der Waals surface area contributed by atoms with Gasteiger partial charge in [-0.2, -0.15) is 0 Å². The lowest BCUT2D eigenvalue weighted by Gasteiger charge is -2.37. The fourth-order valence-electron chi connectivity index (χ4n) is 2.79. The molecule has 2 amide bonds. The average Bonchev–Trinajstić information content (AvgIpc) is 2.46. The highest BCUT2D eigenvalue weighted by atomic mass is 16.3. The fraction of sp³-hybridized carbons (Fsp3) is 0.786. The second-order valence-electron chi connectivity index (χ2n) is 5.67. The highest BCUT2D eigenvalue weighted by Gasteiger charge is 2.34. The summed E-state index contributed by atoms with van der Waals surface area (Å²) < 4.78 is 0. The molecule has 1 aliphatic heterocycles. The number of hydrogen-bond acceptors (Lipinski definition) is 4. The number of piperidine rings is 1. The average molecular weight is 313 g/mol. The first-order valence-corrected chi connectivity index (χ1v) is 7.70. The SMILES string of the molecule is NC(=O)C1CC(CCO)CCN1C(=O)CCCCN=C(N)N. The van der Waals surface area contributed by atoms with Gasteiger partial charge in [-0.25, -0.2) is 0 Å². The summed E-state index contributed by atoms with van der Waals surface area (Å²) in [6, 6.07) is -0.560. The number of carbonyl (C=O) groups is 2. The van der Waals surface area contributed by atoms with Crippen LogP contribution in [0, 0.1) is 5.92 Å². The predicted octanol–water partition coefficient (Wildman–Crippen LogP) is -1.09. The molecule has 8 heteroatoms. The quantitative estimate of drug-likeness (QED) is 0.255. The topological polar surface area (TPSA) is 148 Å². The van der Waals surface area contributed by atoms with Crippen molar-refractivity contribution in [3.63, 3.8) is 0 Å². The molecule has 22 heavy (non-hydrogen) atoms. The van der Waals surface area contributed by atoms with Gasteiger partial charge in [-0.3, -0.25) is 14.6 Å². The maximum Gasteiger partial charge on any atom is 0.240 e. The van der Waals surface area contributed by atoms with Crippen molar-refractivity contribution in [2.75, 3.05) is 19.7 Å². The molecule has 1 fully saturated rings. The number of primary amides is 1. The van der Waals surface area contributed by atoms with Crippen LogP contribution in [0.15, 0.2) is 4.99 Å². The van der Waals surface area contributed by atoms with Gasteiger partial charge in [-0.15, -0.1) is 0 Å². The van der Waals surface area contributed by atoms with Crippen LogP contribution < -0.4 is 17.2 Å². The molecule has 1 heterocycles. The number of guanidine groups is 1. The first kappa shape index (κ1) is 18.2. The van der Waals surface area contributed by atoms with E-state index in [0.29, 0.717) is 45.2 Å². The van der Waals surface area contributed by atoms with Crippen LogP contribution in [-0.2, 0) is 9.59 Å². The van der Waals surface area contributed by atoms with Gasteiger partial charge in [-0.1, -0.05) is 0 Å². The lowest BCUT2D eigenvalue weighted by molar-refractivity contribution is -0.142. The third-order valence-corrected chi connectivity index (χ3v) is 3.99. The van der Waals surface area contributed by atoms with Crippen LogP contribution >= 0.6 is 0 Å². The molecule has 126 valence electrons. The van der Waals surface area contributed by atoms with Gasteiger partial charge in [-0.05, 0) is 38.0 Å². The number of unbranched alkanes of at least 4 members (excludes halogenated alkanes) is 1. The van der Waals surface area contributed by atoms with E-state index < -0.39 is 11.9 Å². The number of likely N-dealkylation sites (tertiary alicyclic amines) is 1. The van der Waals surface area contributed by atoms with E-state index in [0.717, 1.165) is 6.42 Å². The van der Waals surface area contributed by atoms with Gasteiger partial charge in [0.15, 0.2) is 5.96 Å². The molecule has 0 aromatic heterocycles. The maximum atomic E-state index is 12.3. The highest BCUT2D eigenvalue weighted by molar-refractivity contribution is 5.86. The van der Waals surface area contributed by atoms with E-state index in [1.807, 2.05) is 0 Å². The molecule has 1 aliphatic rings. The summed E-state index contributed by atoms with van der Waals surface area (Å²) in [4.78, 5) is 29.3. The summed E-state index contributed by atoms with van der Waals surface area (Å²) >= 11 is 0. The van der Waals surface area contributed by atoms with E-state index in [4.69, 9.17) is 22.3 Å². The van der Waals surface area contributed by atoms with E-state index in [9.17, 15) is 9.59 Å². The molecule has 0 aliphatic carbocycles. The molecule has 0 aromatic rings. The van der Waals surface area contributed by atoms with Crippen LogP contribution in [0.3, 0.4) is 0 Å². The monoisotopic (exact) mass is 313 g/mol. The van der Waals surface area contributed by atoms with Crippen LogP contribution in [0.1, 0.15) is 38.5 Å². The summed E-state index contributed by atoms with van der Waals surface area (Å²) in [7, 11) is 0. The van der Waals surface area contributed by atoms with Gasteiger partial charge >= 0.3 is 0 Å². The minimum Gasteiger partial charge on any atom is -0.396 e. The summed E-state index contributed by atoms with van der Waals surface area (Å²) in [5, 5.41) is 9.00. The Labute approximate surface area is 130 Å². The zero-order valence-corrected chi connectivity index (χ0v) is 12.9. The molecule has 1 rings (SSSR count). The van der Waals surface area contributed by atoms with Crippen molar-refractivity contribution in [3.8, 4) is 0 Å². The molecule has 2 atom stereocenters. The van der Waals surface area contributed by atoms with Crippen LogP contribution in [0.5, 0.6) is 0 Å². The molecule has 1 saturated heterocycles. The lowest BCUT2D eigenvalue weighted by atomic mass is 9.88. The lowest BCUT2D eigenvalue weighted by Crippen LogP contribution is -2.52. The maximum absolute atomic E-state index is 12.3. The molecule has 0 bridgehead atoms. The normalized spacial score (nSPS) is 21.4. The van der Waals surface area contributed by atoms with Gasteiger partial charge in [0.25, 0.3) is 0 Å². The molecule has 0 saturated carbocycles. The smallest absolute Gasteiger partial charge is 0.240 e. The van der Waals surface area contributed by atoms with Crippen LogP contribution in [-0.4, -0.2) is 53.5 Å². The molecular weight excluding hydrogens is 286 g/mol. The molecule has 8 nitrogen and oxygen atoms in total. The van der Waals surface area contributed by atoms with Crippen LogP contribution in [0.25, 0.3) is 0 Å². The Morgan fingerprint density at radius 2 is 1.95 bits per heavy atom. The van der Waals surface area contributed by atoms with Crippen molar-refractivity contribution in [1.82, 2.24) is 4.90 Å². The summed E-state index contributed by atoms with van der Waals surface area (Å²) in [6.45, 7) is 1.10. The molecule has 0 aromatic carbocycles. The van der Waals surface area contributed by atoms with Crippen molar-refractivity contribution < 1.29 is 14.7 Å². The summed E-state index contributed by atoms with van der Waals surface area (Å²) in [5.74, 6) is -0.244. The molecule has 0 radical (unpaired) electrons. The van der Waals surface area contributed by atoms with Crippen molar-refractivity contribution >= 4 is 17.8 Å². The minimum atomic E-state index is -0.560. The Hall–Kier alpha value is -1.83. The van der Waals surface area contributed by atoms with Gasteiger partial charge in [0.05, 0.1) is 0 Å². The standard InChI is InChI=1S/C14H27N5O3/c15-13(22)11-9-10(5-8-20)4-7-19(11)12(21)3-1-2-6-18-14(16)17/h10-11,20H,1-9H2,(H2,15,22)(H4,16,17,18). The Bertz CT molecular complexity index is 409. The van der Waals surface area contributed by atoms with E-state index in [-0.39, 0.29) is 24.4 Å². The van der Waals surface area contributed by atoms with E-state index >= 15 is 0 Å². The Kier molecular flexibility index (Phi) is 7.65. The number of amides is 2. The first-order valence-electron chi connectivity index (χ1n) is 7.70. The number of nitrogens with zero attached hydrogens (tertiary/aromatic N) is 2. The Morgan fingerprint density at radius 3 is 2.55 bits per heavy atom. The number of aliphatic imine (C=N–C) groups is 1. The predicted molar refractivity (Wildman–Crippen MR) is 83.7 cm³/mol. The van der Waals surface area contributed by atoms with E-state index in [1.165, 1.54) is 0 Å². The third-order valence-electron chi connectivity index (χ3n) is 3.99. The van der Waals surface area contributed by atoms with Crippen LogP contribution in [0.2, 0.25) is 0 Å². The van der Waals surface area contributed by atoms with Crippen molar-refractivity contribution in [1.29, 1.82) is 0 Å². The van der Waals surface area contributed by atoms with Gasteiger partial charge < -0.3 is 27.2 Å². The molecule has 0 spiro atoms. The van der Waals surface area contributed by atoms with Gasteiger partial charge in [0.2, 0.25) is 11.8 Å². The number of nitrogens with two attached hydrogens (primary N) is 3. The summed E-state index contributed by atoms with van der Waals surface area (Å²) in [6.07, 6.45) is 3.71. The van der Waals surface area contributed by atoms with E-state index in [1.54, 1.807) is 4.90 Å². The molecular formula is C14H27N5O3. The van der Waals surface area contributed by atoms with Crippen molar-refractivity contribution in [3.05, 3.63) is 0 Å².